The summed E-state index contributed by atoms with van der Waals surface area (Å²) in [5.74, 6) is -0.750. The van der Waals surface area contributed by atoms with Crippen LogP contribution in [0.15, 0.2) is 54.6 Å². The van der Waals surface area contributed by atoms with Gasteiger partial charge in [0.2, 0.25) is 5.91 Å². The molecule has 0 bridgehead atoms. The van der Waals surface area contributed by atoms with Crippen molar-refractivity contribution < 1.29 is 14.4 Å². The van der Waals surface area contributed by atoms with Crippen LogP contribution in [0.4, 0.5) is 4.79 Å². The molecule has 0 unspecified atom stereocenters. The van der Waals surface area contributed by atoms with Gasteiger partial charge in [-0.2, -0.15) is 0 Å². The topological polar surface area (TPSA) is 78.5 Å². The van der Waals surface area contributed by atoms with E-state index in [-0.39, 0.29) is 18.4 Å². The van der Waals surface area contributed by atoms with Crippen molar-refractivity contribution in [3.63, 3.8) is 0 Å². The number of nitrogens with one attached hydrogen (secondary N) is 2. The first-order valence-electron chi connectivity index (χ1n) is 9.48. The molecular weight excluding hydrogens is 354 g/mol. The Kier molecular flexibility index (Phi) is 5.78. The van der Waals surface area contributed by atoms with E-state index in [1.165, 1.54) is 0 Å². The lowest BCUT2D eigenvalue weighted by Gasteiger charge is -2.26. The van der Waals surface area contributed by atoms with Gasteiger partial charge in [0, 0.05) is 6.54 Å². The van der Waals surface area contributed by atoms with E-state index in [9.17, 15) is 14.4 Å². The number of carbonyl (C=O) groups is 3. The maximum absolute atomic E-state index is 13.1. The second-order valence-corrected chi connectivity index (χ2v) is 7.11. The lowest BCUT2D eigenvalue weighted by atomic mass is 9.85. The number of nitrogens with zero attached hydrogens (tertiary/aromatic N) is 1. The van der Waals surface area contributed by atoms with Crippen molar-refractivity contribution in [2.45, 2.75) is 38.8 Å². The third kappa shape index (κ3) is 3.91. The van der Waals surface area contributed by atoms with Crippen LogP contribution in [0.1, 0.15) is 36.5 Å². The van der Waals surface area contributed by atoms with Crippen LogP contribution in [0.3, 0.4) is 0 Å². The van der Waals surface area contributed by atoms with Gasteiger partial charge in [-0.3, -0.25) is 14.5 Å². The zero-order chi connectivity index (χ0) is 20.1. The third-order valence-electron chi connectivity index (χ3n) is 4.98. The van der Waals surface area contributed by atoms with Crippen LogP contribution >= 0.6 is 0 Å². The lowest BCUT2D eigenvalue weighted by Crippen LogP contribution is -2.45. The molecule has 3 rings (SSSR count). The minimum Gasteiger partial charge on any atom is -0.350 e. The van der Waals surface area contributed by atoms with Crippen LogP contribution in [0.25, 0.3) is 0 Å². The molecular formula is C22H25N3O3. The molecule has 0 aromatic heterocycles. The first-order chi connectivity index (χ1) is 13.5. The van der Waals surface area contributed by atoms with Crippen LogP contribution in [-0.4, -0.2) is 29.3 Å². The first kappa shape index (κ1) is 19.6. The molecule has 2 aromatic carbocycles. The summed E-state index contributed by atoms with van der Waals surface area (Å²) in [4.78, 5) is 39.0. The number of hydrogen-bond donors (Lipinski definition) is 2. The predicted octanol–water partition coefficient (Wildman–Crippen LogP) is 2.86. The molecule has 1 aliphatic heterocycles. The number of amides is 4. The highest BCUT2D eigenvalue weighted by Crippen LogP contribution is 2.33. The normalized spacial score (nSPS) is 18.9. The molecule has 4 amide bonds. The van der Waals surface area contributed by atoms with Gasteiger partial charge >= 0.3 is 6.03 Å². The summed E-state index contributed by atoms with van der Waals surface area (Å²) in [6, 6.07) is 16.5. The van der Waals surface area contributed by atoms with Crippen LogP contribution < -0.4 is 10.6 Å². The molecule has 1 atom stereocenters. The third-order valence-corrected chi connectivity index (χ3v) is 4.98. The Bertz CT molecular complexity index is 864. The Labute approximate surface area is 164 Å². The second-order valence-electron chi connectivity index (χ2n) is 7.11. The highest BCUT2D eigenvalue weighted by Gasteiger charge is 2.52. The van der Waals surface area contributed by atoms with Crippen molar-refractivity contribution in [3.8, 4) is 0 Å². The van der Waals surface area contributed by atoms with Crippen molar-refractivity contribution in [3.05, 3.63) is 71.3 Å². The molecule has 146 valence electrons. The average molecular weight is 379 g/mol. The molecule has 2 aromatic rings. The van der Waals surface area contributed by atoms with Gasteiger partial charge in [-0.15, -0.1) is 0 Å². The second kappa shape index (κ2) is 8.25. The molecule has 0 saturated carbocycles. The van der Waals surface area contributed by atoms with Gasteiger partial charge in [0.05, 0.1) is 0 Å². The fraction of sp³-hybridized carbons (Fsp3) is 0.318. The number of benzene rings is 2. The van der Waals surface area contributed by atoms with Gasteiger partial charge in [-0.25, -0.2) is 4.79 Å². The minimum atomic E-state index is -1.11. The summed E-state index contributed by atoms with van der Waals surface area (Å²) < 4.78 is 0. The summed E-state index contributed by atoms with van der Waals surface area (Å²) in [5, 5.41) is 5.60. The van der Waals surface area contributed by atoms with E-state index < -0.39 is 11.6 Å². The van der Waals surface area contributed by atoms with Crippen molar-refractivity contribution in [2.24, 2.45) is 0 Å². The molecule has 0 spiro atoms. The van der Waals surface area contributed by atoms with Gasteiger partial charge in [0.1, 0.15) is 12.1 Å². The number of carbonyl (C=O) groups excluding carboxylic acids is 3. The highest BCUT2D eigenvalue weighted by atomic mass is 16.2. The Morgan fingerprint density at radius 1 is 1.07 bits per heavy atom. The van der Waals surface area contributed by atoms with Crippen molar-refractivity contribution in [1.29, 1.82) is 0 Å². The standard InChI is InChI=1S/C22H25N3O3/c1-3-13-22(18-7-5-4-6-8-18)20(27)25(21(28)24-22)15-19(26)23-14-17-11-9-16(2)10-12-17/h4-12H,3,13-15H2,1-2H3,(H,23,26)(H,24,28)/t22-/m0/s1. The van der Waals surface area contributed by atoms with Gasteiger partial charge in [0.25, 0.3) is 5.91 Å². The summed E-state index contributed by atoms with van der Waals surface area (Å²) >= 11 is 0. The van der Waals surface area contributed by atoms with Gasteiger partial charge < -0.3 is 10.6 Å². The highest BCUT2D eigenvalue weighted by molar-refractivity contribution is 6.09. The quantitative estimate of drug-likeness (QED) is 0.726. The molecule has 2 N–H and O–H groups in total. The molecule has 28 heavy (non-hydrogen) atoms. The van der Waals surface area contributed by atoms with E-state index in [1.807, 2.05) is 68.4 Å². The summed E-state index contributed by atoms with van der Waals surface area (Å²) in [7, 11) is 0. The van der Waals surface area contributed by atoms with Crippen LogP contribution in [0.2, 0.25) is 0 Å². The molecule has 1 aliphatic rings. The molecule has 1 heterocycles. The number of rotatable bonds is 7. The van der Waals surface area contributed by atoms with Crippen molar-refractivity contribution >= 4 is 17.8 Å². The fourth-order valence-electron chi connectivity index (χ4n) is 3.48. The number of imide groups is 1. The largest absolute Gasteiger partial charge is 0.350 e. The summed E-state index contributed by atoms with van der Waals surface area (Å²) in [5.41, 5.74) is 1.73. The zero-order valence-corrected chi connectivity index (χ0v) is 16.2. The smallest absolute Gasteiger partial charge is 0.325 e. The number of urea groups is 1. The fourth-order valence-corrected chi connectivity index (χ4v) is 3.48. The van der Waals surface area contributed by atoms with E-state index in [1.54, 1.807) is 0 Å². The lowest BCUT2D eigenvalue weighted by molar-refractivity contribution is -0.135. The number of aryl methyl sites for hydroxylation is 1. The van der Waals surface area contributed by atoms with E-state index in [0.29, 0.717) is 19.4 Å². The molecule has 0 radical (unpaired) electrons. The van der Waals surface area contributed by atoms with Gasteiger partial charge in [0.15, 0.2) is 0 Å². The maximum Gasteiger partial charge on any atom is 0.325 e. The van der Waals surface area contributed by atoms with Gasteiger partial charge in [-0.1, -0.05) is 73.5 Å². The van der Waals surface area contributed by atoms with E-state index in [2.05, 4.69) is 10.6 Å². The SMILES string of the molecule is CCC[C@@]1(c2ccccc2)NC(=O)N(CC(=O)NCc2ccc(C)cc2)C1=O. The Morgan fingerprint density at radius 3 is 2.39 bits per heavy atom. The van der Waals surface area contributed by atoms with Crippen molar-refractivity contribution in [1.82, 2.24) is 15.5 Å². The molecule has 6 nitrogen and oxygen atoms in total. The van der Waals surface area contributed by atoms with Gasteiger partial charge in [-0.05, 0) is 24.5 Å². The summed E-state index contributed by atoms with van der Waals surface area (Å²) in [6.07, 6.45) is 1.19. The predicted molar refractivity (Wildman–Crippen MR) is 106 cm³/mol. The van der Waals surface area contributed by atoms with Crippen LogP contribution in [0.5, 0.6) is 0 Å². The van der Waals surface area contributed by atoms with E-state index in [0.717, 1.165) is 21.6 Å². The molecule has 6 heteroatoms. The van der Waals surface area contributed by atoms with Crippen LogP contribution in [0, 0.1) is 6.92 Å². The maximum atomic E-state index is 13.1. The van der Waals surface area contributed by atoms with Crippen LogP contribution in [-0.2, 0) is 21.7 Å². The van der Waals surface area contributed by atoms with E-state index in [4.69, 9.17) is 0 Å². The first-order valence-corrected chi connectivity index (χ1v) is 9.48. The Morgan fingerprint density at radius 2 is 1.75 bits per heavy atom. The monoisotopic (exact) mass is 379 g/mol. The molecule has 1 saturated heterocycles. The molecule has 0 aliphatic carbocycles. The van der Waals surface area contributed by atoms with Crippen molar-refractivity contribution in [2.75, 3.05) is 6.54 Å². The zero-order valence-electron chi connectivity index (χ0n) is 16.2. The summed E-state index contributed by atoms with van der Waals surface area (Å²) in [6.45, 7) is 4.01. The Balaban J connectivity index is 1.70. The Hall–Kier alpha value is -3.15. The van der Waals surface area contributed by atoms with E-state index >= 15 is 0 Å². The number of hydrogen-bond acceptors (Lipinski definition) is 3. The average Bonchev–Trinajstić information content (AvgIpc) is 2.93. The minimum absolute atomic E-state index is 0.297. The molecule has 1 fully saturated rings.